The van der Waals surface area contributed by atoms with Gasteiger partial charge < -0.3 is 9.84 Å². The molecule has 282 valence electrons. The van der Waals surface area contributed by atoms with Crippen LogP contribution in [-0.4, -0.2) is 23.7 Å². The van der Waals surface area contributed by atoms with E-state index in [1.165, 1.54) is 186 Å². The summed E-state index contributed by atoms with van der Waals surface area (Å²) in [7, 11) is 0. The molecule has 0 spiro atoms. The maximum atomic E-state index is 11.2. The number of allylic oxidation sites excluding steroid dienone is 3. The third-order valence-electron chi connectivity index (χ3n) is 9.12. The Morgan fingerprint density at radius 2 is 0.833 bits per heavy atom. The van der Waals surface area contributed by atoms with Crippen molar-refractivity contribution in [3.05, 3.63) is 36.0 Å². The van der Waals surface area contributed by atoms with E-state index < -0.39 is 5.97 Å². The molecule has 0 aromatic rings. The molecule has 1 N–H and O–H groups in total. The number of carbonyl (C=O) groups excluding carboxylic acids is 1. The van der Waals surface area contributed by atoms with Crippen LogP contribution in [0.4, 0.5) is 0 Å². The lowest BCUT2D eigenvalue weighted by molar-refractivity contribution is -0.139. The van der Waals surface area contributed by atoms with Crippen molar-refractivity contribution in [3.63, 3.8) is 0 Å². The van der Waals surface area contributed by atoms with Gasteiger partial charge in [-0.2, -0.15) is 0 Å². The van der Waals surface area contributed by atoms with Crippen molar-refractivity contribution in [2.24, 2.45) is 0 Å². The number of rotatable bonds is 35. The highest BCUT2D eigenvalue weighted by atomic mass is 16.5. The minimum atomic E-state index is -0.837. The minimum absolute atomic E-state index is 0.254. The smallest absolute Gasteiger partial charge is 0.333 e. The lowest BCUT2D eigenvalue weighted by Crippen LogP contribution is -2.05. The number of hydrogen-bond donors (Lipinski definition) is 1. The monoisotopic (exact) mass is 675 g/mol. The molecule has 0 aliphatic carbocycles. The summed E-state index contributed by atoms with van der Waals surface area (Å²) >= 11 is 0. The second kappa shape index (κ2) is 41.3. The Balaban J connectivity index is 0. The predicted octanol–water partition coefficient (Wildman–Crippen LogP) is 14.8. The number of aliphatic carboxylic acids is 1. The lowest BCUT2D eigenvalue weighted by Gasteiger charge is -2.05. The van der Waals surface area contributed by atoms with Crippen LogP contribution >= 0.6 is 0 Å². The van der Waals surface area contributed by atoms with Gasteiger partial charge in [-0.25, -0.2) is 9.59 Å². The second-order valence-electron chi connectivity index (χ2n) is 14.2. The van der Waals surface area contributed by atoms with Crippen LogP contribution in [0, 0.1) is 0 Å². The maximum Gasteiger partial charge on any atom is 0.333 e. The molecule has 0 saturated carbocycles. The Morgan fingerprint density at radius 3 is 1.15 bits per heavy atom. The molecule has 0 bridgehead atoms. The van der Waals surface area contributed by atoms with E-state index in [9.17, 15) is 9.59 Å². The molecular formula is C44H82O4. The molecular weight excluding hydrogens is 592 g/mol. The summed E-state index contributed by atoms with van der Waals surface area (Å²) in [6, 6.07) is 0. The summed E-state index contributed by atoms with van der Waals surface area (Å²) in [5.74, 6) is -1.09. The van der Waals surface area contributed by atoms with Gasteiger partial charge in [0, 0.05) is 11.1 Å². The van der Waals surface area contributed by atoms with Crippen molar-refractivity contribution in [2.75, 3.05) is 6.61 Å². The first-order valence-electron chi connectivity index (χ1n) is 20.8. The Bertz CT molecular complexity index is 766. The average molecular weight is 675 g/mol. The van der Waals surface area contributed by atoms with Crippen molar-refractivity contribution in [1.29, 1.82) is 0 Å². The van der Waals surface area contributed by atoms with Gasteiger partial charge in [0.15, 0.2) is 0 Å². The highest BCUT2D eigenvalue weighted by Gasteiger charge is 2.02. The molecule has 48 heavy (non-hydrogen) atoms. The predicted molar refractivity (Wildman–Crippen MR) is 211 cm³/mol. The number of esters is 1. The van der Waals surface area contributed by atoms with Crippen LogP contribution in [0.2, 0.25) is 0 Å². The number of ether oxygens (including phenoxy) is 1. The number of unbranched alkanes of at least 4 members (excludes halogenated alkanes) is 29. The summed E-state index contributed by atoms with van der Waals surface area (Å²) in [6.45, 7) is 12.0. The molecule has 4 nitrogen and oxygen atoms in total. The standard InChI is InChI=1S/C22H42O2.C22H40O2/c1-4-5-6-7-8-9-10-11-12-13-14-15-16-17-18-19-20-24-22(23)21(2)3;1-3-4-5-6-7-8-9-10-11-12-13-14-15-16-17-18-19-20-21(2)22(23)24/h2,4-20H2,1,3H3;18-20H,3-17H2,1-2H3,(H,23,24). The fourth-order valence-electron chi connectivity index (χ4n) is 5.77. The summed E-state index contributed by atoms with van der Waals surface area (Å²) in [5.41, 5.74) is 0.888. The number of carboxylic acids is 1. The van der Waals surface area contributed by atoms with E-state index in [0.717, 1.165) is 12.8 Å². The summed E-state index contributed by atoms with van der Waals surface area (Å²) in [6.07, 6.45) is 47.8. The number of hydrogen-bond acceptors (Lipinski definition) is 3. The van der Waals surface area contributed by atoms with Crippen molar-refractivity contribution >= 4 is 11.9 Å². The SMILES string of the molecule is C=C(C)C(=O)OCCCCCCCCCCCCCCCCCC.CCCCCCCCCCCCCCCCC=CC=C(C)C(=O)O. The van der Waals surface area contributed by atoms with Crippen molar-refractivity contribution in [1.82, 2.24) is 0 Å². The molecule has 0 aromatic carbocycles. The van der Waals surface area contributed by atoms with Gasteiger partial charge in [0.1, 0.15) is 0 Å². The van der Waals surface area contributed by atoms with Crippen LogP contribution in [-0.2, 0) is 14.3 Å². The van der Waals surface area contributed by atoms with Crippen molar-refractivity contribution in [3.8, 4) is 0 Å². The maximum absolute atomic E-state index is 11.2. The summed E-state index contributed by atoms with van der Waals surface area (Å²) in [4.78, 5) is 21.8. The third-order valence-corrected chi connectivity index (χ3v) is 9.12. The van der Waals surface area contributed by atoms with Crippen LogP contribution in [0.1, 0.15) is 227 Å². The first-order valence-corrected chi connectivity index (χ1v) is 20.8. The average Bonchev–Trinajstić information content (AvgIpc) is 3.07. The lowest BCUT2D eigenvalue weighted by atomic mass is 10.0. The molecule has 0 atom stereocenters. The van der Waals surface area contributed by atoms with Gasteiger partial charge in [0.05, 0.1) is 6.61 Å². The molecule has 0 aromatic heterocycles. The molecule has 4 heteroatoms. The zero-order chi connectivity index (χ0) is 35.8. The molecule has 0 unspecified atom stereocenters. The Hall–Kier alpha value is -1.84. The minimum Gasteiger partial charge on any atom is -0.478 e. The van der Waals surface area contributed by atoms with Crippen LogP contribution in [0.25, 0.3) is 0 Å². The summed E-state index contributed by atoms with van der Waals surface area (Å²) < 4.78 is 5.08. The molecule has 0 rings (SSSR count). The first kappa shape index (κ1) is 48.3. The van der Waals surface area contributed by atoms with E-state index in [-0.39, 0.29) is 5.97 Å². The quantitative estimate of drug-likeness (QED) is 0.0314. The molecule has 0 fully saturated rings. The van der Waals surface area contributed by atoms with Gasteiger partial charge in [0.25, 0.3) is 0 Å². The third kappa shape index (κ3) is 42.2. The van der Waals surface area contributed by atoms with E-state index >= 15 is 0 Å². The van der Waals surface area contributed by atoms with Gasteiger partial charge in [-0.3, -0.25) is 0 Å². The van der Waals surface area contributed by atoms with Crippen molar-refractivity contribution < 1.29 is 19.4 Å². The fourth-order valence-corrected chi connectivity index (χ4v) is 5.77. The number of carbonyl (C=O) groups is 2. The Morgan fingerprint density at radius 1 is 0.521 bits per heavy atom. The molecule has 0 heterocycles. The van der Waals surface area contributed by atoms with Gasteiger partial charge in [-0.15, -0.1) is 0 Å². The second-order valence-corrected chi connectivity index (χ2v) is 14.2. The molecule has 0 radical (unpaired) electrons. The van der Waals surface area contributed by atoms with Gasteiger partial charge in [-0.1, -0.05) is 218 Å². The highest BCUT2D eigenvalue weighted by molar-refractivity contribution is 5.87. The fraction of sp³-hybridized carbons (Fsp3) is 0.818. The topological polar surface area (TPSA) is 63.6 Å². The van der Waals surface area contributed by atoms with E-state index in [1.807, 2.05) is 6.08 Å². The zero-order valence-electron chi connectivity index (χ0n) is 32.7. The normalized spacial score (nSPS) is 11.5. The largest absolute Gasteiger partial charge is 0.478 e. The molecule has 0 amide bonds. The Kier molecular flexibility index (Phi) is 41.6. The van der Waals surface area contributed by atoms with Gasteiger partial charge >= 0.3 is 11.9 Å². The number of carboxylic acid groups (broad SMARTS) is 1. The summed E-state index contributed by atoms with van der Waals surface area (Å²) in [5, 5.41) is 8.71. The first-order chi connectivity index (χ1) is 23.4. The molecule has 0 aliphatic heterocycles. The van der Waals surface area contributed by atoms with E-state index in [4.69, 9.17) is 9.84 Å². The van der Waals surface area contributed by atoms with Crippen LogP contribution < -0.4 is 0 Å². The Labute approximate surface area is 300 Å². The molecule has 0 aliphatic rings. The van der Waals surface area contributed by atoms with Gasteiger partial charge in [0.2, 0.25) is 0 Å². The van der Waals surface area contributed by atoms with Crippen molar-refractivity contribution in [2.45, 2.75) is 227 Å². The van der Waals surface area contributed by atoms with E-state index in [2.05, 4.69) is 26.5 Å². The van der Waals surface area contributed by atoms with E-state index in [1.54, 1.807) is 19.9 Å². The van der Waals surface area contributed by atoms with E-state index in [0.29, 0.717) is 17.8 Å². The highest BCUT2D eigenvalue weighted by Crippen LogP contribution is 2.15. The van der Waals surface area contributed by atoms with Crippen LogP contribution in [0.15, 0.2) is 36.0 Å². The molecule has 0 saturated heterocycles. The van der Waals surface area contributed by atoms with Gasteiger partial charge in [-0.05, 0) is 33.1 Å². The zero-order valence-corrected chi connectivity index (χ0v) is 32.7. The van der Waals surface area contributed by atoms with Crippen LogP contribution in [0.3, 0.4) is 0 Å². The van der Waals surface area contributed by atoms with Crippen LogP contribution in [0.5, 0.6) is 0 Å².